The van der Waals surface area contributed by atoms with E-state index in [4.69, 9.17) is 4.98 Å². The number of hydrogen-bond acceptors (Lipinski definition) is 1. The third-order valence-electron chi connectivity index (χ3n) is 12.7. The summed E-state index contributed by atoms with van der Waals surface area (Å²) in [5.74, 6) is 0.897. The second kappa shape index (κ2) is 13.4. The van der Waals surface area contributed by atoms with E-state index in [1.807, 2.05) is 6.20 Å². The summed E-state index contributed by atoms with van der Waals surface area (Å²) in [7, 11) is 0. The van der Waals surface area contributed by atoms with Crippen LogP contribution in [0.4, 0.5) is 0 Å². The van der Waals surface area contributed by atoms with Crippen molar-refractivity contribution in [3.8, 4) is 39.4 Å². The van der Waals surface area contributed by atoms with Crippen LogP contribution in [0.5, 0.6) is 0 Å². The zero-order valence-corrected chi connectivity index (χ0v) is 33.1. The molecule has 282 valence electrons. The van der Waals surface area contributed by atoms with Crippen molar-refractivity contribution in [1.29, 1.82) is 0 Å². The quantitative estimate of drug-likeness (QED) is 0.155. The van der Waals surface area contributed by atoms with E-state index in [-0.39, 0.29) is 0 Å². The average molecular weight is 768 g/mol. The first-order chi connectivity index (χ1) is 29.7. The van der Waals surface area contributed by atoms with Crippen LogP contribution >= 0.6 is 0 Å². The van der Waals surface area contributed by atoms with Gasteiger partial charge in [0.1, 0.15) is 17.2 Å². The molecule has 1 aliphatic carbocycles. The van der Waals surface area contributed by atoms with Crippen LogP contribution in [0.15, 0.2) is 219 Å². The summed E-state index contributed by atoms with van der Waals surface area (Å²) < 4.78 is 6.98. The molecule has 0 atom stereocenters. The molecule has 1 aliphatic rings. The molecule has 4 nitrogen and oxygen atoms in total. The van der Waals surface area contributed by atoms with Crippen molar-refractivity contribution in [2.24, 2.45) is 0 Å². The van der Waals surface area contributed by atoms with Crippen LogP contribution in [0.2, 0.25) is 0 Å². The SMILES string of the molecule is Cc1ccccc1-c1ccnc(-n2c3ccccc3c3ccc(C4(c5cccc(-n6c[n+](-c7ccccc7)c7ccccc76)c5)c5ccccc5-c5ccccc54)cc32)c1. The number of aryl methyl sites for hydroxylation is 1. The number of rotatable bonds is 6. The van der Waals surface area contributed by atoms with Gasteiger partial charge in [0.15, 0.2) is 11.0 Å². The summed E-state index contributed by atoms with van der Waals surface area (Å²) in [6.07, 6.45) is 4.18. The van der Waals surface area contributed by atoms with Crippen molar-refractivity contribution >= 4 is 32.8 Å². The zero-order chi connectivity index (χ0) is 39.8. The van der Waals surface area contributed by atoms with Crippen LogP contribution in [0, 0.1) is 6.92 Å². The molecule has 60 heavy (non-hydrogen) atoms. The molecule has 0 saturated carbocycles. The van der Waals surface area contributed by atoms with Crippen molar-refractivity contribution in [2.45, 2.75) is 12.3 Å². The van der Waals surface area contributed by atoms with Gasteiger partial charge >= 0.3 is 0 Å². The van der Waals surface area contributed by atoms with Gasteiger partial charge < -0.3 is 0 Å². The molecular formula is C56H39N4+. The van der Waals surface area contributed by atoms with Crippen LogP contribution in [-0.2, 0) is 5.41 Å². The Labute approximate surface area is 348 Å². The highest BCUT2D eigenvalue weighted by atomic mass is 15.1. The molecule has 0 radical (unpaired) electrons. The lowest BCUT2D eigenvalue weighted by Gasteiger charge is -2.34. The van der Waals surface area contributed by atoms with Crippen LogP contribution in [0.25, 0.3) is 72.3 Å². The minimum Gasteiger partial charge on any atom is -0.294 e. The number of hydrogen-bond donors (Lipinski definition) is 0. The zero-order valence-electron chi connectivity index (χ0n) is 33.1. The Hall–Kier alpha value is -7.82. The molecule has 4 heteroatoms. The standard InChI is InChI=1S/C56H39N4/c1-38-16-5-6-21-44(38)39-32-33-57-55(34-39)60-51-27-12-9-24-47(51)48-31-30-41(36-54(48)60)56(49-25-10-7-22-45(49)46-23-8-11-26-50(46)56)40-17-15-20-43(35-40)59-37-58(42-18-3-2-4-19-42)52-28-13-14-29-53(52)59/h2-37H,1H3/q+1. The summed E-state index contributed by atoms with van der Waals surface area (Å²) in [4.78, 5) is 5.06. The van der Waals surface area contributed by atoms with Gasteiger partial charge in [-0.05, 0) is 118 Å². The number of imidazole rings is 1. The van der Waals surface area contributed by atoms with E-state index < -0.39 is 5.41 Å². The average Bonchev–Trinajstić information content (AvgIpc) is 3.96. The lowest BCUT2D eigenvalue weighted by molar-refractivity contribution is -0.567. The van der Waals surface area contributed by atoms with Crippen LogP contribution in [-0.4, -0.2) is 14.1 Å². The van der Waals surface area contributed by atoms with E-state index in [9.17, 15) is 0 Å². The van der Waals surface area contributed by atoms with Gasteiger partial charge in [0.05, 0.1) is 16.4 Å². The highest BCUT2D eigenvalue weighted by Gasteiger charge is 2.46. The lowest BCUT2D eigenvalue weighted by Crippen LogP contribution is -2.29. The predicted octanol–water partition coefficient (Wildman–Crippen LogP) is 12.7. The molecule has 11 aromatic rings. The van der Waals surface area contributed by atoms with E-state index in [1.165, 1.54) is 55.3 Å². The maximum atomic E-state index is 5.06. The van der Waals surface area contributed by atoms with Crippen molar-refractivity contribution < 1.29 is 4.57 Å². The number of nitrogens with zero attached hydrogens (tertiary/aromatic N) is 4. The molecule has 0 aliphatic heterocycles. The van der Waals surface area contributed by atoms with Crippen molar-refractivity contribution in [3.63, 3.8) is 0 Å². The Bertz CT molecular complexity index is 3420. The summed E-state index contributed by atoms with van der Waals surface area (Å²) in [6.45, 7) is 2.17. The Morgan fingerprint density at radius 2 is 1.13 bits per heavy atom. The molecule has 12 rings (SSSR count). The van der Waals surface area contributed by atoms with Gasteiger partial charge in [-0.3, -0.25) is 4.57 Å². The molecule has 0 fully saturated rings. The fraction of sp³-hybridized carbons (Fsp3) is 0.0357. The highest BCUT2D eigenvalue weighted by Crippen LogP contribution is 2.56. The summed E-state index contributed by atoms with van der Waals surface area (Å²) in [6, 6.07) is 75.3. The molecule has 3 heterocycles. The van der Waals surface area contributed by atoms with Crippen molar-refractivity contribution in [3.05, 3.63) is 247 Å². The molecule has 0 spiro atoms. The van der Waals surface area contributed by atoms with Crippen molar-refractivity contribution in [1.82, 2.24) is 14.1 Å². The molecule has 0 unspecified atom stereocenters. The normalized spacial score (nSPS) is 12.9. The summed E-state index contributed by atoms with van der Waals surface area (Å²) >= 11 is 0. The first kappa shape index (κ1) is 34.2. The van der Waals surface area contributed by atoms with Gasteiger partial charge in [-0.25, -0.2) is 4.98 Å². The molecule has 0 saturated heterocycles. The van der Waals surface area contributed by atoms with Crippen LogP contribution in [0.3, 0.4) is 0 Å². The van der Waals surface area contributed by atoms with E-state index in [0.29, 0.717) is 0 Å². The smallest absolute Gasteiger partial charge is 0.255 e. The van der Waals surface area contributed by atoms with Gasteiger partial charge in [0.25, 0.3) is 6.33 Å². The number of aromatic nitrogens is 4. The number of para-hydroxylation sites is 4. The second-order valence-electron chi connectivity index (χ2n) is 15.9. The van der Waals surface area contributed by atoms with Gasteiger partial charge in [-0.2, -0.15) is 9.13 Å². The molecule has 0 amide bonds. The highest BCUT2D eigenvalue weighted by molar-refractivity contribution is 6.09. The second-order valence-corrected chi connectivity index (χ2v) is 15.9. The Kier molecular flexibility index (Phi) is 7.63. The van der Waals surface area contributed by atoms with Gasteiger partial charge in [0.2, 0.25) is 0 Å². The Balaban J connectivity index is 1.13. The van der Waals surface area contributed by atoms with Crippen molar-refractivity contribution in [2.75, 3.05) is 0 Å². The first-order valence-electron chi connectivity index (χ1n) is 20.6. The Morgan fingerprint density at radius 3 is 1.93 bits per heavy atom. The topological polar surface area (TPSA) is 26.6 Å². The fourth-order valence-corrected chi connectivity index (χ4v) is 10.1. The van der Waals surface area contributed by atoms with Gasteiger partial charge in [-0.15, -0.1) is 0 Å². The molecular weight excluding hydrogens is 729 g/mol. The van der Waals surface area contributed by atoms with E-state index in [0.717, 1.165) is 44.8 Å². The van der Waals surface area contributed by atoms with E-state index in [2.05, 4.69) is 233 Å². The molecule has 8 aromatic carbocycles. The largest absolute Gasteiger partial charge is 0.294 e. The van der Waals surface area contributed by atoms with Gasteiger partial charge in [-0.1, -0.05) is 146 Å². The lowest BCUT2D eigenvalue weighted by atomic mass is 9.67. The third kappa shape index (κ3) is 4.98. The fourth-order valence-electron chi connectivity index (χ4n) is 10.1. The minimum atomic E-state index is -0.618. The summed E-state index contributed by atoms with van der Waals surface area (Å²) in [5.41, 5.74) is 17.3. The van der Waals surface area contributed by atoms with E-state index >= 15 is 0 Å². The predicted molar refractivity (Wildman–Crippen MR) is 244 cm³/mol. The molecule has 0 N–H and O–H groups in total. The van der Waals surface area contributed by atoms with Crippen LogP contribution in [0.1, 0.15) is 27.8 Å². The molecule has 0 bridgehead atoms. The Morgan fingerprint density at radius 1 is 0.483 bits per heavy atom. The monoisotopic (exact) mass is 767 g/mol. The third-order valence-corrected chi connectivity index (χ3v) is 12.7. The van der Waals surface area contributed by atoms with Gasteiger partial charge in [0, 0.05) is 17.0 Å². The molecule has 3 aromatic heterocycles. The maximum absolute atomic E-state index is 5.06. The maximum Gasteiger partial charge on any atom is 0.255 e. The minimum absolute atomic E-state index is 0.618. The summed E-state index contributed by atoms with van der Waals surface area (Å²) in [5, 5.41) is 2.40. The number of benzene rings is 8. The van der Waals surface area contributed by atoms with E-state index in [1.54, 1.807) is 0 Å². The number of pyridine rings is 1. The number of fused-ring (bicyclic) bond motifs is 7. The van der Waals surface area contributed by atoms with Crippen LogP contribution < -0.4 is 4.57 Å². The first-order valence-corrected chi connectivity index (χ1v) is 20.6.